The summed E-state index contributed by atoms with van der Waals surface area (Å²) in [4.78, 5) is 48.4. The first-order valence-corrected chi connectivity index (χ1v) is 15.8. The number of hydrogen-bond donors (Lipinski definition) is 0. The number of ether oxygens (including phenoxy) is 5. The van der Waals surface area contributed by atoms with Crippen molar-refractivity contribution >= 4 is 46.9 Å². The summed E-state index contributed by atoms with van der Waals surface area (Å²) < 4.78 is 28.3. The first-order valence-electron chi connectivity index (χ1n) is 15.4. The highest BCUT2D eigenvalue weighted by molar-refractivity contribution is 6.35. The molecule has 250 valence electrons. The quantitative estimate of drug-likeness (QED) is 0.272. The second-order valence-electron chi connectivity index (χ2n) is 12.0. The van der Waals surface area contributed by atoms with E-state index < -0.39 is 23.7 Å². The van der Waals surface area contributed by atoms with Crippen molar-refractivity contribution in [3.8, 4) is 0 Å². The molecule has 1 unspecified atom stereocenters. The largest absolute Gasteiger partial charge is 0.445 e. The van der Waals surface area contributed by atoms with E-state index in [4.69, 9.17) is 40.3 Å². The number of benzene rings is 1. The molecule has 1 atom stereocenters. The Morgan fingerprint density at radius 1 is 1.11 bits per heavy atom. The smallest absolute Gasteiger partial charge is 0.421 e. The second-order valence-corrected chi connectivity index (χ2v) is 12.4. The number of pyridine rings is 1. The van der Waals surface area contributed by atoms with E-state index in [1.165, 1.54) is 17.9 Å². The number of aromatic nitrogens is 1. The molecule has 0 N–H and O–H groups in total. The number of morpholine rings is 1. The molecule has 1 aromatic heterocycles. The van der Waals surface area contributed by atoms with Crippen LogP contribution in [0, 0.1) is 0 Å². The van der Waals surface area contributed by atoms with E-state index in [0.29, 0.717) is 50.0 Å². The maximum Gasteiger partial charge on any atom is 0.421 e. The van der Waals surface area contributed by atoms with Crippen molar-refractivity contribution in [1.82, 2.24) is 4.98 Å². The number of hydrogen-bond acceptors (Lipinski definition) is 10. The lowest BCUT2D eigenvalue weighted by atomic mass is 10.1. The fourth-order valence-electron chi connectivity index (χ4n) is 4.95. The summed E-state index contributed by atoms with van der Waals surface area (Å²) in [5.74, 6) is -0.254. The van der Waals surface area contributed by atoms with E-state index in [1.54, 1.807) is 39.0 Å². The third-order valence-electron chi connectivity index (χ3n) is 7.09. The highest BCUT2D eigenvalue weighted by Crippen LogP contribution is 2.31. The average molecular weight is 659 g/mol. The van der Waals surface area contributed by atoms with Crippen LogP contribution in [0.25, 0.3) is 0 Å². The maximum atomic E-state index is 13.8. The van der Waals surface area contributed by atoms with Crippen LogP contribution in [0.3, 0.4) is 0 Å². The summed E-state index contributed by atoms with van der Waals surface area (Å²) in [6.45, 7) is 13.3. The van der Waals surface area contributed by atoms with Gasteiger partial charge in [-0.1, -0.05) is 30.3 Å². The van der Waals surface area contributed by atoms with Crippen LogP contribution in [0.1, 0.15) is 58.2 Å². The average Bonchev–Trinajstić information content (AvgIpc) is 3.02. The Morgan fingerprint density at radius 3 is 2.52 bits per heavy atom. The molecular weight excluding hydrogens is 616 g/mol. The van der Waals surface area contributed by atoms with Gasteiger partial charge < -0.3 is 28.6 Å². The van der Waals surface area contributed by atoms with Gasteiger partial charge in [-0.05, 0) is 63.8 Å². The van der Waals surface area contributed by atoms with Crippen molar-refractivity contribution < 1.29 is 38.1 Å². The Morgan fingerprint density at radius 2 is 1.87 bits per heavy atom. The molecule has 0 spiro atoms. The van der Waals surface area contributed by atoms with Crippen molar-refractivity contribution in [3.05, 3.63) is 59.3 Å². The van der Waals surface area contributed by atoms with Crippen LogP contribution in [0.4, 0.5) is 26.8 Å². The van der Waals surface area contributed by atoms with Gasteiger partial charge in [0.05, 0.1) is 42.8 Å². The van der Waals surface area contributed by atoms with E-state index in [2.05, 4.69) is 11.5 Å². The zero-order chi connectivity index (χ0) is 33.3. The molecule has 2 aromatic rings. The molecule has 13 heteroatoms. The zero-order valence-corrected chi connectivity index (χ0v) is 27.7. The molecule has 12 nitrogen and oxygen atoms in total. The third-order valence-corrected chi connectivity index (χ3v) is 7.41. The first kappa shape index (κ1) is 35.1. The van der Waals surface area contributed by atoms with Crippen LogP contribution in [0.15, 0.2) is 43.0 Å². The van der Waals surface area contributed by atoms with E-state index in [0.717, 1.165) is 29.8 Å². The number of carbonyl (C=O) groups is 3. The molecule has 0 saturated carbocycles. The molecule has 2 aliphatic rings. The molecule has 3 amide bonds. The predicted octanol–water partition coefficient (Wildman–Crippen LogP) is 6.23. The number of imide groups is 1. The lowest BCUT2D eigenvalue weighted by molar-refractivity contribution is -0.169. The van der Waals surface area contributed by atoms with E-state index in [9.17, 15) is 14.4 Å². The number of halogens is 1. The molecule has 3 heterocycles. The van der Waals surface area contributed by atoms with Gasteiger partial charge in [0.25, 0.3) is 0 Å². The minimum Gasteiger partial charge on any atom is -0.445 e. The van der Waals surface area contributed by atoms with Crippen molar-refractivity contribution in [3.63, 3.8) is 0 Å². The van der Waals surface area contributed by atoms with Gasteiger partial charge >= 0.3 is 12.2 Å². The van der Waals surface area contributed by atoms with Crippen molar-refractivity contribution in [2.75, 3.05) is 54.2 Å². The summed E-state index contributed by atoms with van der Waals surface area (Å²) in [6, 6.07) is 8.60. The first-order chi connectivity index (χ1) is 21.9. The minimum absolute atomic E-state index is 0.0157. The van der Waals surface area contributed by atoms with Gasteiger partial charge in [-0.15, -0.1) is 0 Å². The summed E-state index contributed by atoms with van der Waals surface area (Å²) in [6.07, 6.45) is 2.38. The van der Waals surface area contributed by atoms with Crippen molar-refractivity contribution in [2.45, 2.75) is 72.0 Å². The molecular formula is C33H43ClN4O8. The predicted molar refractivity (Wildman–Crippen MR) is 174 cm³/mol. The van der Waals surface area contributed by atoms with Crippen LogP contribution in [0.2, 0.25) is 5.02 Å². The molecule has 0 aliphatic carbocycles. The highest BCUT2D eigenvalue weighted by atomic mass is 35.5. The second kappa shape index (κ2) is 16.2. The van der Waals surface area contributed by atoms with E-state index in [-0.39, 0.29) is 36.8 Å². The van der Waals surface area contributed by atoms with Gasteiger partial charge in [0.2, 0.25) is 5.91 Å². The number of nitrogens with zero attached hydrogens (tertiary/aromatic N) is 4. The van der Waals surface area contributed by atoms with Crippen molar-refractivity contribution in [1.29, 1.82) is 0 Å². The number of carbonyl (C=O) groups excluding carboxylic acids is 3. The lowest BCUT2D eigenvalue weighted by Crippen LogP contribution is -2.39. The standard InChI is InChI=1S/C33H43ClN4O8/c1-6-14-44-32(41)38(23(2)39)28-18-24(10-11-27(28)34)21-37(31(40)46-33(3,4)5)29-20-26(36-12-16-42-17-13-36)19-25(35-29)22-45-30-9-7-8-15-43-30/h6,10-11,18-20,30H,1,7-9,12-17,21-22H2,2-5H3. The van der Waals surface area contributed by atoms with E-state index >= 15 is 0 Å². The zero-order valence-electron chi connectivity index (χ0n) is 27.0. The third kappa shape index (κ3) is 9.89. The van der Waals surface area contributed by atoms with Crippen LogP contribution < -0.4 is 14.7 Å². The van der Waals surface area contributed by atoms with Gasteiger partial charge in [-0.25, -0.2) is 19.5 Å². The molecule has 0 bridgehead atoms. The minimum atomic E-state index is -0.901. The van der Waals surface area contributed by atoms with Gasteiger partial charge in [0.15, 0.2) is 6.29 Å². The van der Waals surface area contributed by atoms with E-state index in [1.807, 2.05) is 12.1 Å². The Labute approximate surface area is 275 Å². The molecule has 46 heavy (non-hydrogen) atoms. The van der Waals surface area contributed by atoms with Crippen LogP contribution in [-0.4, -0.2) is 74.5 Å². The van der Waals surface area contributed by atoms with Gasteiger partial charge in [0, 0.05) is 38.4 Å². The molecule has 4 rings (SSSR count). The van der Waals surface area contributed by atoms with Crippen LogP contribution >= 0.6 is 11.6 Å². The van der Waals surface area contributed by atoms with Crippen LogP contribution in [0.5, 0.6) is 0 Å². The molecule has 1 aromatic carbocycles. The number of anilines is 3. The Kier molecular flexibility index (Phi) is 12.4. The van der Waals surface area contributed by atoms with Gasteiger partial charge in [-0.2, -0.15) is 0 Å². The Balaban J connectivity index is 1.72. The highest BCUT2D eigenvalue weighted by Gasteiger charge is 2.29. The molecule has 2 aliphatic heterocycles. The summed E-state index contributed by atoms with van der Waals surface area (Å²) in [5, 5.41) is 0.148. The number of rotatable bonds is 10. The normalized spacial score (nSPS) is 16.8. The maximum absolute atomic E-state index is 13.8. The molecule has 2 fully saturated rings. The lowest BCUT2D eigenvalue weighted by Gasteiger charge is -2.31. The Bertz CT molecular complexity index is 1390. The van der Waals surface area contributed by atoms with Crippen molar-refractivity contribution in [2.24, 2.45) is 0 Å². The fraction of sp³-hybridized carbons (Fsp3) is 0.515. The molecule has 0 radical (unpaired) electrons. The fourth-order valence-corrected chi connectivity index (χ4v) is 5.15. The summed E-state index contributed by atoms with van der Waals surface area (Å²) in [7, 11) is 0. The summed E-state index contributed by atoms with van der Waals surface area (Å²) in [5.41, 5.74) is 1.34. The summed E-state index contributed by atoms with van der Waals surface area (Å²) >= 11 is 6.46. The molecule has 2 saturated heterocycles. The topological polar surface area (TPSA) is 120 Å². The number of amides is 3. The Hall–Kier alpha value is -3.71. The monoisotopic (exact) mass is 658 g/mol. The SMILES string of the molecule is C=CCOC(=O)N(C(C)=O)c1cc(CN(C(=O)OC(C)(C)C)c2cc(N3CCOCC3)cc(COC3CCCCO3)n2)ccc1Cl. The van der Waals surface area contributed by atoms with Crippen LogP contribution in [-0.2, 0) is 41.6 Å². The van der Waals surface area contributed by atoms with Gasteiger partial charge in [0.1, 0.15) is 18.0 Å². The van der Waals surface area contributed by atoms with Gasteiger partial charge in [-0.3, -0.25) is 9.69 Å².